The molecule has 0 saturated heterocycles. The number of hydrogen-bond acceptors (Lipinski definition) is 5. The lowest BCUT2D eigenvalue weighted by molar-refractivity contribution is -0.161. The number of unbranched alkanes of at least 4 members (excludes halogenated alkanes) is 25. The molecule has 0 radical (unpaired) electrons. The molecule has 62 heavy (non-hydrogen) atoms. The molecule has 0 aromatic rings. The summed E-state index contributed by atoms with van der Waals surface area (Å²) in [5.74, 6) is -0.599. The van der Waals surface area contributed by atoms with Crippen LogP contribution in [0.1, 0.15) is 245 Å². The predicted molar refractivity (Wildman–Crippen MR) is 269 cm³/mol. The summed E-state index contributed by atoms with van der Waals surface area (Å²) in [6.45, 7) is 3.98. The minimum Gasteiger partial charge on any atom is -0.462 e. The van der Waals surface area contributed by atoms with Gasteiger partial charge in [0.05, 0.1) is 6.61 Å². The van der Waals surface area contributed by atoms with E-state index in [2.05, 4.69) is 98.9 Å². The molecule has 1 atom stereocenters. The first-order valence-corrected chi connectivity index (χ1v) is 26.1. The van der Waals surface area contributed by atoms with Crippen molar-refractivity contribution in [1.82, 2.24) is 0 Å². The number of allylic oxidation sites excluding steroid dienone is 14. The highest BCUT2D eigenvalue weighted by Crippen LogP contribution is 2.16. The fraction of sp³-hybridized carbons (Fsp3) is 0.719. The molecule has 0 amide bonds. The fourth-order valence-corrected chi connectivity index (χ4v) is 7.25. The number of rotatable bonds is 47. The Kier molecular flexibility index (Phi) is 50.0. The number of aliphatic hydroxyl groups is 1. The quantitative estimate of drug-likeness (QED) is 0.0375. The zero-order chi connectivity index (χ0) is 44.9. The highest BCUT2D eigenvalue weighted by Gasteiger charge is 2.16. The lowest BCUT2D eigenvalue weighted by atomic mass is 10.0. The van der Waals surface area contributed by atoms with Crippen LogP contribution in [0.3, 0.4) is 0 Å². The fourth-order valence-electron chi connectivity index (χ4n) is 7.25. The first-order chi connectivity index (χ1) is 30.6. The molecule has 0 rings (SSSR count). The number of hydrogen-bond donors (Lipinski definition) is 1. The zero-order valence-electron chi connectivity index (χ0n) is 40.6. The molecule has 356 valence electrons. The third-order valence-electron chi connectivity index (χ3n) is 11.2. The van der Waals surface area contributed by atoms with Crippen LogP contribution in [0.2, 0.25) is 0 Å². The van der Waals surface area contributed by atoms with E-state index in [9.17, 15) is 14.7 Å². The van der Waals surface area contributed by atoms with Gasteiger partial charge in [-0.1, -0.05) is 234 Å². The van der Waals surface area contributed by atoms with Gasteiger partial charge in [-0.05, 0) is 83.5 Å². The molecule has 0 aliphatic heterocycles. The second-order valence-electron chi connectivity index (χ2n) is 17.2. The monoisotopic (exact) mass is 863 g/mol. The van der Waals surface area contributed by atoms with Crippen molar-refractivity contribution < 1.29 is 24.2 Å². The summed E-state index contributed by atoms with van der Waals surface area (Å²) in [6.07, 6.45) is 72.7. The molecule has 0 aromatic carbocycles. The molecule has 5 nitrogen and oxygen atoms in total. The van der Waals surface area contributed by atoms with Crippen LogP contribution in [-0.2, 0) is 19.1 Å². The molecule has 0 saturated carbocycles. The topological polar surface area (TPSA) is 72.8 Å². The summed E-state index contributed by atoms with van der Waals surface area (Å²) in [4.78, 5) is 24.3. The second-order valence-corrected chi connectivity index (χ2v) is 17.2. The van der Waals surface area contributed by atoms with Gasteiger partial charge in [0, 0.05) is 12.8 Å². The number of ether oxygens (including phenoxy) is 2. The van der Waals surface area contributed by atoms with Gasteiger partial charge in [-0.3, -0.25) is 9.59 Å². The van der Waals surface area contributed by atoms with Crippen molar-refractivity contribution in [2.45, 2.75) is 251 Å². The predicted octanol–water partition coefficient (Wildman–Crippen LogP) is 17.4. The summed E-state index contributed by atoms with van der Waals surface area (Å²) in [6, 6.07) is 0. The van der Waals surface area contributed by atoms with Crippen molar-refractivity contribution in [1.29, 1.82) is 0 Å². The van der Waals surface area contributed by atoms with E-state index in [0.717, 1.165) is 83.5 Å². The Balaban J connectivity index is 3.45. The lowest BCUT2D eigenvalue weighted by Crippen LogP contribution is -2.28. The maximum Gasteiger partial charge on any atom is 0.306 e. The average Bonchev–Trinajstić information content (AvgIpc) is 3.28. The highest BCUT2D eigenvalue weighted by atomic mass is 16.6. The van der Waals surface area contributed by atoms with Gasteiger partial charge in [0.2, 0.25) is 0 Å². The second kappa shape index (κ2) is 52.4. The van der Waals surface area contributed by atoms with Gasteiger partial charge in [-0.15, -0.1) is 0 Å². The van der Waals surface area contributed by atoms with Gasteiger partial charge in [0.15, 0.2) is 6.10 Å². The average molecular weight is 863 g/mol. The van der Waals surface area contributed by atoms with Crippen molar-refractivity contribution in [3.8, 4) is 0 Å². The SMILES string of the molecule is CC/C=C\C/C=C\C/C=C\C/C=C\C/C=C\C/C=C\CCCCCCCCCCCCCCCCCCCCC(=O)OC(CO)COC(=O)CCCCCCC/C=C\CCCC. The molecule has 0 aromatic heterocycles. The normalized spacial score (nSPS) is 12.9. The van der Waals surface area contributed by atoms with Crippen molar-refractivity contribution in [2.75, 3.05) is 13.2 Å². The van der Waals surface area contributed by atoms with Crippen LogP contribution >= 0.6 is 0 Å². The first kappa shape index (κ1) is 59.1. The van der Waals surface area contributed by atoms with Gasteiger partial charge >= 0.3 is 11.9 Å². The Morgan fingerprint density at radius 1 is 0.387 bits per heavy atom. The van der Waals surface area contributed by atoms with Crippen LogP contribution in [0.15, 0.2) is 85.1 Å². The Labute approximate surface area is 384 Å². The maximum absolute atomic E-state index is 12.2. The van der Waals surface area contributed by atoms with E-state index >= 15 is 0 Å². The van der Waals surface area contributed by atoms with Gasteiger partial charge < -0.3 is 14.6 Å². The molecule has 0 bridgehead atoms. The van der Waals surface area contributed by atoms with Crippen LogP contribution < -0.4 is 0 Å². The molecule has 5 heteroatoms. The van der Waals surface area contributed by atoms with Crippen molar-refractivity contribution in [3.63, 3.8) is 0 Å². The van der Waals surface area contributed by atoms with Crippen molar-refractivity contribution >= 4 is 11.9 Å². The van der Waals surface area contributed by atoms with E-state index < -0.39 is 6.10 Å². The molecule has 0 spiro atoms. The summed E-state index contributed by atoms with van der Waals surface area (Å²) in [5, 5.41) is 9.59. The van der Waals surface area contributed by atoms with Crippen LogP contribution in [0.4, 0.5) is 0 Å². The van der Waals surface area contributed by atoms with E-state index in [1.165, 1.54) is 135 Å². The van der Waals surface area contributed by atoms with Gasteiger partial charge in [-0.2, -0.15) is 0 Å². The van der Waals surface area contributed by atoms with E-state index in [0.29, 0.717) is 12.8 Å². The Morgan fingerprint density at radius 2 is 0.694 bits per heavy atom. The van der Waals surface area contributed by atoms with E-state index in [1.54, 1.807) is 0 Å². The third-order valence-corrected chi connectivity index (χ3v) is 11.2. The van der Waals surface area contributed by atoms with Crippen LogP contribution in [0.25, 0.3) is 0 Å². The third kappa shape index (κ3) is 49.7. The Morgan fingerprint density at radius 3 is 1.06 bits per heavy atom. The van der Waals surface area contributed by atoms with Gasteiger partial charge in [-0.25, -0.2) is 0 Å². The minimum atomic E-state index is -0.775. The Bertz CT molecular complexity index is 1160. The Hall–Kier alpha value is -2.92. The minimum absolute atomic E-state index is 0.0703. The summed E-state index contributed by atoms with van der Waals surface area (Å²) < 4.78 is 10.6. The lowest BCUT2D eigenvalue weighted by Gasteiger charge is -2.15. The summed E-state index contributed by atoms with van der Waals surface area (Å²) in [5.41, 5.74) is 0. The van der Waals surface area contributed by atoms with Crippen molar-refractivity contribution in [3.05, 3.63) is 85.1 Å². The zero-order valence-corrected chi connectivity index (χ0v) is 40.6. The molecular formula is C57H98O5. The number of esters is 2. The highest BCUT2D eigenvalue weighted by molar-refractivity contribution is 5.70. The summed E-state index contributed by atoms with van der Waals surface area (Å²) in [7, 11) is 0. The van der Waals surface area contributed by atoms with E-state index in [4.69, 9.17) is 9.47 Å². The standard InChI is InChI=1S/C57H98O5/c1-3-5-7-9-11-13-15-16-17-18-19-20-21-22-23-24-25-26-27-28-29-30-31-32-33-34-35-36-37-38-39-40-42-44-46-48-50-52-57(60)62-55(53-58)54-61-56(59)51-49-47-45-43-41-14-12-10-8-6-4-2/h5,7,10-13,16-17,19-20,22-23,25-26,55,58H,3-4,6,8-9,14-15,18,21,24,27-54H2,1-2H3/b7-5-,12-10-,13-11-,17-16-,20-19-,23-22-,26-25-. The summed E-state index contributed by atoms with van der Waals surface area (Å²) >= 11 is 0. The maximum atomic E-state index is 12.2. The van der Waals surface area contributed by atoms with Crippen molar-refractivity contribution in [2.24, 2.45) is 0 Å². The molecule has 0 aliphatic rings. The number of carbonyl (C=O) groups excluding carboxylic acids is 2. The molecule has 0 heterocycles. The number of carbonyl (C=O) groups is 2. The molecule has 0 fully saturated rings. The molecular weight excluding hydrogens is 765 g/mol. The molecule has 1 unspecified atom stereocenters. The molecule has 1 N–H and O–H groups in total. The van der Waals surface area contributed by atoms with E-state index in [-0.39, 0.29) is 25.2 Å². The van der Waals surface area contributed by atoms with Gasteiger partial charge in [0.1, 0.15) is 6.61 Å². The van der Waals surface area contributed by atoms with E-state index in [1.807, 2.05) is 0 Å². The number of aliphatic hydroxyl groups excluding tert-OH is 1. The first-order valence-electron chi connectivity index (χ1n) is 26.1. The van der Waals surface area contributed by atoms with Crippen LogP contribution in [0.5, 0.6) is 0 Å². The van der Waals surface area contributed by atoms with Crippen LogP contribution in [0, 0.1) is 0 Å². The van der Waals surface area contributed by atoms with Crippen LogP contribution in [-0.4, -0.2) is 36.4 Å². The van der Waals surface area contributed by atoms with Gasteiger partial charge in [0.25, 0.3) is 0 Å². The molecule has 0 aliphatic carbocycles. The smallest absolute Gasteiger partial charge is 0.306 e. The largest absolute Gasteiger partial charge is 0.462 e.